The molecule has 4 aromatic carbocycles. The highest BCUT2D eigenvalue weighted by atomic mass is 35.5. The number of rotatable bonds is 15. The number of carbonyl (C=O) groups is 1. The Morgan fingerprint density at radius 2 is 1.62 bits per heavy atom. The van der Waals surface area contributed by atoms with Crippen LogP contribution < -0.4 is 9.46 Å². The Balaban J connectivity index is 1.35. The van der Waals surface area contributed by atoms with Crippen LogP contribution in [-0.2, 0) is 22.9 Å². The lowest BCUT2D eigenvalue weighted by Crippen LogP contribution is -2.42. The van der Waals surface area contributed by atoms with Crippen LogP contribution in [0.1, 0.15) is 65.0 Å². The standard InChI is InChI=1S/C40H44ClN3O5S/c1-29-10-8-9-24-43(29)25-27-50(47,48)42-23-21-38-35(22-26-49-34-18-15-32(16-19-34)40(45)46)36-28-33(41)17-20-37(36)44(38)39(30-11-4-2-5-12-30)31-13-6-3-7-14-31/h2-7,11-20,28-29,39,42H,8-10,21-27H2,1H3,(H,45,46). The van der Waals surface area contributed by atoms with Gasteiger partial charge >= 0.3 is 5.97 Å². The minimum Gasteiger partial charge on any atom is -0.493 e. The molecule has 8 nitrogen and oxygen atoms in total. The van der Waals surface area contributed by atoms with E-state index in [1.165, 1.54) is 18.6 Å². The van der Waals surface area contributed by atoms with Gasteiger partial charge in [0.25, 0.3) is 0 Å². The molecule has 262 valence electrons. The smallest absolute Gasteiger partial charge is 0.335 e. The maximum Gasteiger partial charge on any atom is 0.335 e. The number of aromatic nitrogens is 1. The lowest BCUT2D eigenvalue weighted by atomic mass is 9.97. The van der Waals surface area contributed by atoms with Gasteiger partial charge in [-0.2, -0.15) is 0 Å². The Hall–Kier alpha value is -4.15. The topological polar surface area (TPSA) is 101 Å². The third-order valence-electron chi connectivity index (χ3n) is 9.66. The third-order valence-corrected chi connectivity index (χ3v) is 11.3. The fourth-order valence-corrected chi connectivity index (χ4v) is 8.31. The van der Waals surface area contributed by atoms with Gasteiger partial charge in [-0.15, -0.1) is 0 Å². The van der Waals surface area contributed by atoms with E-state index in [1.54, 1.807) is 12.1 Å². The van der Waals surface area contributed by atoms with Crippen LogP contribution in [0.5, 0.6) is 5.75 Å². The van der Waals surface area contributed by atoms with Crippen molar-refractivity contribution in [2.45, 2.75) is 51.1 Å². The van der Waals surface area contributed by atoms with Crippen molar-refractivity contribution < 1.29 is 23.1 Å². The summed E-state index contributed by atoms with van der Waals surface area (Å²) in [5, 5.41) is 10.9. The molecule has 50 heavy (non-hydrogen) atoms. The number of nitrogens with zero attached hydrogens (tertiary/aromatic N) is 2. The van der Waals surface area contributed by atoms with E-state index in [9.17, 15) is 18.3 Å². The first-order chi connectivity index (χ1) is 24.2. The number of hydrogen-bond acceptors (Lipinski definition) is 5. The summed E-state index contributed by atoms with van der Waals surface area (Å²) in [5.74, 6) is -0.358. The van der Waals surface area contributed by atoms with Crippen molar-refractivity contribution in [3.05, 3.63) is 136 Å². The average molecular weight is 714 g/mol. The molecular weight excluding hydrogens is 670 g/mol. The van der Waals surface area contributed by atoms with Gasteiger partial charge in [0, 0.05) is 53.6 Å². The van der Waals surface area contributed by atoms with Gasteiger partial charge in [-0.25, -0.2) is 17.9 Å². The van der Waals surface area contributed by atoms with Crippen LogP contribution in [0.2, 0.25) is 5.02 Å². The van der Waals surface area contributed by atoms with Gasteiger partial charge in [-0.3, -0.25) is 4.90 Å². The predicted molar refractivity (Wildman–Crippen MR) is 200 cm³/mol. The minimum atomic E-state index is -3.51. The summed E-state index contributed by atoms with van der Waals surface area (Å²) in [7, 11) is -3.51. The lowest BCUT2D eigenvalue weighted by molar-refractivity contribution is 0.0697. The molecule has 1 fully saturated rings. The van der Waals surface area contributed by atoms with Gasteiger partial charge in [-0.1, -0.05) is 78.7 Å². The molecule has 6 rings (SSSR count). The predicted octanol–water partition coefficient (Wildman–Crippen LogP) is 7.59. The Morgan fingerprint density at radius 1 is 0.940 bits per heavy atom. The molecular formula is C40H44ClN3O5S. The number of halogens is 1. The van der Waals surface area contributed by atoms with Crippen molar-refractivity contribution in [1.82, 2.24) is 14.2 Å². The number of aromatic carboxylic acids is 1. The Morgan fingerprint density at radius 3 is 2.26 bits per heavy atom. The molecule has 5 aromatic rings. The van der Waals surface area contributed by atoms with E-state index in [-0.39, 0.29) is 23.9 Å². The summed E-state index contributed by atoms with van der Waals surface area (Å²) in [4.78, 5) is 13.6. The van der Waals surface area contributed by atoms with E-state index in [4.69, 9.17) is 16.3 Å². The molecule has 0 radical (unpaired) electrons. The van der Waals surface area contributed by atoms with Gasteiger partial charge in [0.2, 0.25) is 10.0 Å². The van der Waals surface area contributed by atoms with Crippen LogP contribution in [0.4, 0.5) is 0 Å². The normalized spacial score (nSPS) is 15.5. The summed E-state index contributed by atoms with van der Waals surface area (Å²) >= 11 is 6.63. The van der Waals surface area contributed by atoms with Crippen LogP contribution in [0.3, 0.4) is 0 Å². The van der Waals surface area contributed by atoms with Crippen LogP contribution in [-0.4, -0.2) is 67.0 Å². The highest BCUT2D eigenvalue weighted by Gasteiger charge is 2.26. The number of hydrogen-bond donors (Lipinski definition) is 2. The van der Waals surface area contributed by atoms with E-state index in [2.05, 4.69) is 45.4 Å². The second kappa shape index (κ2) is 16.2. The van der Waals surface area contributed by atoms with Crippen molar-refractivity contribution in [3.63, 3.8) is 0 Å². The number of carboxylic acids is 1. The summed E-state index contributed by atoms with van der Waals surface area (Å²) < 4.78 is 38.0. The fourth-order valence-electron chi connectivity index (χ4n) is 7.10. The molecule has 2 heterocycles. The lowest BCUT2D eigenvalue weighted by Gasteiger charge is -2.33. The zero-order chi connectivity index (χ0) is 35.1. The van der Waals surface area contributed by atoms with E-state index in [0.717, 1.165) is 52.7 Å². The zero-order valence-electron chi connectivity index (χ0n) is 28.3. The number of nitrogens with one attached hydrogen (secondary N) is 1. The largest absolute Gasteiger partial charge is 0.493 e. The summed E-state index contributed by atoms with van der Waals surface area (Å²) in [6.45, 7) is 4.20. The Bertz CT molecular complexity index is 1960. The molecule has 1 saturated heterocycles. The molecule has 1 atom stereocenters. The number of sulfonamides is 1. The van der Waals surface area contributed by atoms with E-state index >= 15 is 0 Å². The van der Waals surface area contributed by atoms with Gasteiger partial charge in [0.15, 0.2) is 0 Å². The van der Waals surface area contributed by atoms with E-state index < -0.39 is 16.0 Å². The molecule has 10 heteroatoms. The molecule has 1 aromatic heterocycles. The van der Waals surface area contributed by atoms with Crippen molar-refractivity contribution in [2.24, 2.45) is 0 Å². The molecule has 0 saturated carbocycles. The maximum atomic E-state index is 13.3. The fraction of sp³-hybridized carbons (Fsp3) is 0.325. The van der Waals surface area contributed by atoms with Gasteiger partial charge < -0.3 is 14.4 Å². The highest BCUT2D eigenvalue weighted by Crippen LogP contribution is 2.38. The number of likely N-dealkylation sites (tertiary alicyclic amines) is 1. The molecule has 0 amide bonds. The first-order valence-electron chi connectivity index (χ1n) is 17.3. The third kappa shape index (κ3) is 8.58. The summed E-state index contributed by atoms with van der Waals surface area (Å²) in [5.41, 5.74) is 5.41. The molecule has 1 unspecified atom stereocenters. The maximum absolute atomic E-state index is 13.3. The van der Waals surface area contributed by atoms with Crippen molar-refractivity contribution in [3.8, 4) is 5.75 Å². The van der Waals surface area contributed by atoms with Crippen molar-refractivity contribution >= 4 is 38.5 Å². The SMILES string of the molecule is CC1CCCCN1CCS(=O)(=O)NCCc1c(CCOc2ccc(C(=O)O)cc2)c2cc(Cl)ccc2n1C(c1ccccc1)c1ccccc1. The molecule has 1 aliphatic rings. The number of fused-ring (bicyclic) bond motifs is 1. The number of piperidine rings is 1. The quantitative estimate of drug-likeness (QED) is 0.116. The number of ether oxygens (including phenoxy) is 1. The number of carboxylic acid groups (broad SMARTS) is 1. The monoisotopic (exact) mass is 713 g/mol. The van der Waals surface area contributed by atoms with Crippen LogP contribution in [0, 0.1) is 0 Å². The number of benzene rings is 4. The highest BCUT2D eigenvalue weighted by molar-refractivity contribution is 7.89. The first kappa shape index (κ1) is 35.7. The molecule has 0 aliphatic carbocycles. The van der Waals surface area contributed by atoms with E-state index in [0.29, 0.717) is 42.8 Å². The summed E-state index contributed by atoms with van der Waals surface area (Å²) in [6.07, 6.45) is 4.38. The van der Waals surface area contributed by atoms with Crippen molar-refractivity contribution in [2.75, 3.05) is 32.0 Å². The molecule has 0 spiro atoms. The van der Waals surface area contributed by atoms with Crippen LogP contribution >= 0.6 is 11.6 Å². The van der Waals surface area contributed by atoms with E-state index in [1.807, 2.05) is 54.6 Å². The minimum absolute atomic E-state index is 0.0634. The van der Waals surface area contributed by atoms with Gasteiger partial charge in [0.05, 0.1) is 24.0 Å². The molecule has 0 bridgehead atoms. The Kier molecular flexibility index (Phi) is 11.6. The zero-order valence-corrected chi connectivity index (χ0v) is 29.9. The van der Waals surface area contributed by atoms with Crippen molar-refractivity contribution in [1.29, 1.82) is 0 Å². The Labute approximate surface area is 299 Å². The summed E-state index contributed by atoms with van der Waals surface area (Å²) in [6, 6.07) is 33.1. The van der Waals surface area contributed by atoms with Gasteiger partial charge in [0.1, 0.15) is 5.75 Å². The first-order valence-corrected chi connectivity index (χ1v) is 19.3. The second-order valence-corrected chi connectivity index (χ2v) is 15.3. The average Bonchev–Trinajstić information content (AvgIpc) is 3.40. The van der Waals surface area contributed by atoms with Gasteiger partial charge in [-0.05, 0) is 85.5 Å². The second-order valence-electron chi connectivity index (χ2n) is 13.0. The molecule has 2 N–H and O–H groups in total. The van der Waals surface area contributed by atoms with Crippen LogP contribution in [0.15, 0.2) is 103 Å². The molecule has 1 aliphatic heterocycles. The van der Waals surface area contributed by atoms with Crippen LogP contribution in [0.25, 0.3) is 10.9 Å².